The number of benzene rings is 2. The molecule has 0 bridgehead atoms. The number of nitrogen functional groups attached to an aromatic ring is 1. The Bertz CT molecular complexity index is 1220. The first-order valence-corrected chi connectivity index (χ1v) is 10.8. The summed E-state index contributed by atoms with van der Waals surface area (Å²) in [5.41, 5.74) is 8.46. The first kappa shape index (κ1) is 24.1. The number of hydrogen-bond donors (Lipinski definition) is 2. The lowest BCUT2D eigenvalue weighted by Gasteiger charge is -2.19. The molecule has 0 saturated heterocycles. The highest BCUT2D eigenvalue weighted by molar-refractivity contribution is 9.10. The summed E-state index contributed by atoms with van der Waals surface area (Å²) in [7, 11) is 0. The number of nitrogens with two attached hydrogens (primary N) is 1. The lowest BCUT2D eigenvalue weighted by molar-refractivity contribution is -0.384. The summed E-state index contributed by atoms with van der Waals surface area (Å²) in [4.78, 5) is 14.8. The molecule has 33 heavy (non-hydrogen) atoms. The van der Waals surface area contributed by atoms with E-state index in [1.54, 1.807) is 6.92 Å². The van der Waals surface area contributed by atoms with E-state index >= 15 is 0 Å². The van der Waals surface area contributed by atoms with E-state index in [0.29, 0.717) is 10.0 Å². The fraction of sp³-hybridized carbons (Fsp3) is 0.261. The fourth-order valence-corrected chi connectivity index (χ4v) is 3.28. The Labute approximate surface area is 199 Å². The van der Waals surface area contributed by atoms with Gasteiger partial charge in [0.15, 0.2) is 23.1 Å². The molecule has 10 heteroatoms. The SMILES string of the molecule is Cc1c(O)c(N)nc(N=Nc2ccc([N+](=O)[O-])cc2OCc2ccc(C(C)(C)C)cc2)c1Br. The van der Waals surface area contributed by atoms with Gasteiger partial charge in [0.1, 0.15) is 12.3 Å². The third-order valence-electron chi connectivity index (χ3n) is 4.97. The molecule has 0 aliphatic carbocycles. The number of azo groups is 1. The maximum Gasteiger partial charge on any atom is 0.273 e. The summed E-state index contributed by atoms with van der Waals surface area (Å²) in [6.45, 7) is 8.25. The number of ether oxygens (including phenoxy) is 1. The highest BCUT2D eigenvalue weighted by atomic mass is 79.9. The van der Waals surface area contributed by atoms with Crippen molar-refractivity contribution in [3.8, 4) is 11.5 Å². The lowest BCUT2D eigenvalue weighted by Crippen LogP contribution is -2.10. The Hall–Kier alpha value is -3.53. The van der Waals surface area contributed by atoms with Gasteiger partial charge in [0.2, 0.25) is 0 Å². The number of nitro benzene ring substituents is 1. The predicted octanol–water partition coefficient (Wildman–Crippen LogP) is 6.64. The third kappa shape index (κ3) is 5.64. The van der Waals surface area contributed by atoms with Gasteiger partial charge in [0, 0.05) is 11.6 Å². The molecule has 3 rings (SSSR count). The van der Waals surface area contributed by atoms with Crippen LogP contribution in [0.2, 0.25) is 0 Å². The molecule has 0 saturated carbocycles. The van der Waals surface area contributed by atoms with E-state index in [1.165, 1.54) is 23.8 Å². The summed E-state index contributed by atoms with van der Waals surface area (Å²) in [5.74, 6) is 0.138. The molecule has 0 unspecified atom stereocenters. The van der Waals surface area contributed by atoms with Crippen molar-refractivity contribution in [3.05, 3.63) is 73.7 Å². The van der Waals surface area contributed by atoms with E-state index in [4.69, 9.17) is 10.5 Å². The molecule has 0 atom stereocenters. The molecule has 9 nitrogen and oxygen atoms in total. The van der Waals surface area contributed by atoms with E-state index < -0.39 is 4.92 Å². The minimum atomic E-state index is -0.506. The summed E-state index contributed by atoms with van der Waals surface area (Å²) in [6, 6.07) is 12.1. The molecule has 1 heterocycles. The van der Waals surface area contributed by atoms with Gasteiger partial charge < -0.3 is 15.6 Å². The van der Waals surface area contributed by atoms with Crippen LogP contribution in [0.1, 0.15) is 37.5 Å². The van der Waals surface area contributed by atoms with E-state index in [9.17, 15) is 15.2 Å². The zero-order valence-electron chi connectivity index (χ0n) is 18.7. The van der Waals surface area contributed by atoms with E-state index in [-0.39, 0.29) is 46.5 Å². The number of hydrogen-bond acceptors (Lipinski definition) is 8. The summed E-state index contributed by atoms with van der Waals surface area (Å²) in [5, 5.41) is 29.4. The molecule has 172 valence electrons. The Morgan fingerprint density at radius 3 is 2.45 bits per heavy atom. The van der Waals surface area contributed by atoms with E-state index in [0.717, 1.165) is 5.56 Å². The second kappa shape index (κ2) is 9.53. The zero-order chi connectivity index (χ0) is 24.3. The minimum absolute atomic E-state index is 0.0330. The van der Waals surface area contributed by atoms with E-state index in [2.05, 4.69) is 51.9 Å². The highest BCUT2D eigenvalue weighted by Gasteiger charge is 2.16. The van der Waals surface area contributed by atoms with Crippen molar-refractivity contribution >= 4 is 38.9 Å². The second-order valence-corrected chi connectivity index (χ2v) is 9.25. The average Bonchev–Trinajstić information content (AvgIpc) is 2.77. The van der Waals surface area contributed by atoms with Crippen LogP contribution < -0.4 is 10.5 Å². The van der Waals surface area contributed by atoms with Gasteiger partial charge in [-0.3, -0.25) is 10.1 Å². The molecule has 0 fully saturated rings. The topological polar surface area (TPSA) is 136 Å². The van der Waals surface area contributed by atoms with Crippen molar-refractivity contribution in [3.63, 3.8) is 0 Å². The molecule has 0 amide bonds. The summed E-state index contributed by atoms with van der Waals surface area (Å²) >= 11 is 3.32. The van der Waals surface area contributed by atoms with Gasteiger partial charge in [0.05, 0.1) is 15.5 Å². The number of rotatable bonds is 6. The van der Waals surface area contributed by atoms with Crippen LogP contribution in [0.4, 0.5) is 23.0 Å². The van der Waals surface area contributed by atoms with Gasteiger partial charge in [-0.25, -0.2) is 4.98 Å². The number of nitrogens with zero attached hydrogens (tertiary/aromatic N) is 4. The number of anilines is 1. The van der Waals surface area contributed by atoms with Gasteiger partial charge in [-0.05, 0) is 45.5 Å². The van der Waals surface area contributed by atoms with Crippen LogP contribution in [-0.2, 0) is 12.0 Å². The Balaban J connectivity index is 1.89. The van der Waals surface area contributed by atoms with Crippen molar-refractivity contribution < 1.29 is 14.8 Å². The van der Waals surface area contributed by atoms with E-state index in [1.807, 2.05) is 24.3 Å². The lowest BCUT2D eigenvalue weighted by atomic mass is 9.87. The van der Waals surface area contributed by atoms with Gasteiger partial charge in [-0.2, -0.15) is 0 Å². The molecule has 0 aliphatic heterocycles. The Kier molecular flexibility index (Phi) is 6.97. The van der Waals surface area contributed by atoms with Gasteiger partial charge in [0.25, 0.3) is 5.69 Å². The normalized spacial score (nSPS) is 11.7. The van der Waals surface area contributed by atoms with Crippen molar-refractivity contribution in [1.29, 1.82) is 0 Å². The quantitative estimate of drug-likeness (QED) is 0.215. The molecule has 2 aromatic carbocycles. The molecular weight excluding hydrogens is 490 g/mol. The van der Waals surface area contributed by atoms with Crippen LogP contribution in [-0.4, -0.2) is 15.0 Å². The number of aromatic hydroxyl groups is 1. The van der Waals surface area contributed by atoms with Gasteiger partial charge in [-0.1, -0.05) is 45.0 Å². The Morgan fingerprint density at radius 1 is 1.18 bits per heavy atom. The largest absolute Gasteiger partial charge is 0.504 e. The van der Waals surface area contributed by atoms with Crippen LogP contribution in [0, 0.1) is 17.0 Å². The monoisotopic (exact) mass is 513 g/mol. The number of pyridine rings is 1. The first-order valence-electron chi connectivity index (χ1n) is 10.0. The molecule has 1 aromatic heterocycles. The predicted molar refractivity (Wildman–Crippen MR) is 129 cm³/mol. The maximum absolute atomic E-state index is 11.2. The number of aromatic nitrogens is 1. The molecule has 0 spiro atoms. The standard InChI is InChI=1S/C23H24BrN5O4/c1-13-19(24)22(26-21(25)20(13)30)28-27-17-10-9-16(29(31)32)11-18(17)33-12-14-5-7-15(8-6-14)23(2,3)4/h5-11,30H,12H2,1-4H3,(H2,25,26). The molecule has 3 N–H and O–H groups in total. The van der Waals surface area contributed by atoms with Gasteiger partial charge >= 0.3 is 0 Å². The minimum Gasteiger partial charge on any atom is -0.504 e. The van der Waals surface area contributed by atoms with Crippen LogP contribution >= 0.6 is 15.9 Å². The van der Waals surface area contributed by atoms with Crippen molar-refractivity contribution in [2.75, 3.05) is 5.73 Å². The number of halogens is 1. The molecule has 3 aromatic rings. The van der Waals surface area contributed by atoms with Crippen molar-refractivity contribution in [1.82, 2.24) is 4.98 Å². The maximum atomic E-state index is 11.2. The molecule has 0 aliphatic rings. The molecular formula is C23H24BrN5O4. The first-order chi connectivity index (χ1) is 15.5. The Morgan fingerprint density at radius 2 is 1.85 bits per heavy atom. The van der Waals surface area contributed by atoms with Gasteiger partial charge in [-0.15, -0.1) is 10.2 Å². The number of non-ortho nitro benzene ring substituents is 1. The van der Waals surface area contributed by atoms with Crippen LogP contribution in [0.15, 0.2) is 57.2 Å². The molecule has 0 radical (unpaired) electrons. The fourth-order valence-electron chi connectivity index (χ4n) is 2.92. The second-order valence-electron chi connectivity index (χ2n) is 8.45. The number of nitro groups is 1. The third-order valence-corrected chi connectivity index (χ3v) is 5.92. The smallest absolute Gasteiger partial charge is 0.273 e. The van der Waals surface area contributed by atoms with Crippen LogP contribution in [0.25, 0.3) is 0 Å². The van der Waals surface area contributed by atoms with Crippen molar-refractivity contribution in [2.45, 2.75) is 39.7 Å². The van der Waals surface area contributed by atoms with Crippen LogP contribution in [0.5, 0.6) is 11.5 Å². The summed E-state index contributed by atoms with van der Waals surface area (Å²) in [6.07, 6.45) is 0. The van der Waals surface area contributed by atoms with Crippen molar-refractivity contribution in [2.24, 2.45) is 10.2 Å². The zero-order valence-corrected chi connectivity index (χ0v) is 20.3. The highest BCUT2D eigenvalue weighted by Crippen LogP contribution is 2.38. The van der Waals surface area contributed by atoms with Crippen LogP contribution in [0.3, 0.4) is 0 Å². The average molecular weight is 514 g/mol. The summed E-state index contributed by atoms with van der Waals surface area (Å²) < 4.78 is 6.30.